The van der Waals surface area contributed by atoms with Crippen molar-refractivity contribution in [2.24, 2.45) is 0 Å². The summed E-state index contributed by atoms with van der Waals surface area (Å²) < 4.78 is 11.3. The van der Waals surface area contributed by atoms with E-state index in [2.05, 4.69) is 14.9 Å². The van der Waals surface area contributed by atoms with Crippen molar-refractivity contribution in [3.05, 3.63) is 71.0 Å². The molecule has 0 atom stereocenters. The Morgan fingerprint density at radius 3 is 2.61 bits per heavy atom. The third kappa shape index (κ3) is 4.65. The molecule has 0 amide bonds. The minimum atomic E-state index is 0.366. The van der Waals surface area contributed by atoms with Crippen LogP contribution in [0.3, 0.4) is 0 Å². The van der Waals surface area contributed by atoms with E-state index in [0.29, 0.717) is 37.3 Å². The van der Waals surface area contributed by atoms with Gasteiger partial charge in [-0.1, -0.05) is 35.9 Å². The lowest BCUT2D eigenvalue weighted by Crippen LogP contribution is -2.37. The van der Waals surface area contributed by atoms with Crippen molar-refractivity contribution in [3.8, 4) is 11.5 Å². The summed E-state index contributed by atoms with van der Waals surface area (Å²) in [6.45, 7) is 3.79. The highest BCUT2D eigenvalue weighted by Gasteiger charge is 2.16. The molecule has 1 aliphatic heterocycles. The number of rotatable bonds is 6. The van der Waals surface area contributed by atoms with Gasteiger partial charge in [0.25, 0.3) is 0 Å². The van der Waals surface area contributed by atoms with Crippen LogP contribution in [0.5, 0.6) is 0 Å². The molecule has 3 aromatic rings. The number of benzene rings is 1. The largest absolute Gasteiger partial charge is 0.378 e. The smallest absolute Gasteiger partial charge is 0.180 e. The van der Waals surface area contributed by atoms with E-state index >= 15 is 0 Å². The highest BCUT2D eigenvalue weighted by molar-refractivity contribution is 6.31. The van der Waals surface area contributed by atoms with Crippen LogP contribution in [0.1, 0.15) is 11.3 Å². The predicted molar refractivity (Wildman–Crippen MR) is 108 cm³/mol. The van der Waals surface area contributed by atoms with E-state index in [1.54, 1.807) is 6.20 Å². The van der Waals surface area contributed by atoms with Crippen LogP contribution >= 0.6 is 11.6 Å². The molecule has 28 heavy (non-hydrogen) atoms. The summed E-state index contributed by atoms with van der Waals surface area (Å²) in [4.78, 5) is 16.0. The zero-order valence-corrected chi connectivity index (χ0v) is 16.2. The van der Waals surface area contributed by atoms with Crippen LogP contribution in [0.2, 0.25) is 5.02 Å². The Morgan fingerprint density at radius 1 is 1.00 bits per heavy atom. The molecule has 1 aromatic carbocycles. The summed E-state index contributed by atoms with van der Waals surface area (Å²) in [6.07, 6.45) is 1.74. The molecule has 6 nitrogen and oxygen atoms in total. The molecule has 1 saturated heterocycles. The van der Waals surface area contributed by atoms with Gasteiger partial charge >= 0.3 is 0 Å². The van der Waals surface area contributed by atoms with Gasteiger partial charge in [-0.15, -0.1) is 0 Å². The molecular weight excluding hydrogens is 376 g/mol. The summed E-state index contributed by atoms with van der Waals surface area (Å²) >= 11 is 6.21. The minimum absolute atomic E-state index is 0.366. The second-order valence-corrected chi connectivity index (χ2v) is 6.85. The first kappa shape index (κ1) is 18.8. The van der Waals surface area contributed by atoms with E-state index in [-0.39, 0.29) is 0 Å². The van der Waals surface area contributed by atoms with Crippen LogP contribution in [-0.4, -0.2) is 41.3 Å². The number of nitrogens with zero attached hydrogens (tertiary/aromatic N) is 4. The van der Waals surface area contributed by atoms with Gasteiger partial charge in [-0.05, 0) is 23.8 Å². The van der Waals surface area contributed by atoms with E-state index in [4.69, 9.17) is 26.1 Å². The monoisotopic (exact) mass is 396 g/mol. The van der Waals surface area contributed by atoms with Crippen molar-refractivity contribution in [3.63, 3.8) is 0 Å². The van der Waals surface area contributed by atoms with Crippen molar-refractivity contribution < 1.29 is 9.47 Å². The van der Waals surface area contributed by atoms with Crippen molar-refractivity contribution in [1.82, 2.24) is 15.0 Å². The summed E-state index contributed by atoms with van der Waals surface area (Å²) in [5.74, 6) is 1.47. The molecule has 0 saturated carbocycles. The standard InChI is InChI=1S/C21H21ClN4O2/c22-18-6-2-1-5-16(18)14-28-15-17-13-20(26-9-11-27-12-10-26)25-21(24-17)19-7-3-4-8-23-19/h1-8,13H,9-12,14-15H2. The quantitative estimate of drug-likeness (QED) is 0.632. The molecule has 0 N–H and O–H groups in total. The number of pyridine rings is 1. The van der Waals surface area contributed by atoms with Crippen molar-refractivity contribution >= 4 is 17.4 Å². The van der Waals surface area contributed by atoms with Crippen LogP contribution in [0.15, 0.2) is 54.7 Å². The summed E-state index contributed by atoms with van der Waals surface area (Å²) in [5, 5.41) is 0.702. The van der Waals surface area contributed by atoms with Crippen LogP contribution in [0.4, 0.5) is 5.82 Å². The second kappa shape index (κ2) is 9.10. The fourth-order valence-electron chi connectivity index (χ4n) is 3.00. The highest BCUT2D eigenvalue weighted by Crippen LogP contribution is 2.21. The average molecular weight is 397 g/mol. The molecule has 0 bridgehead atoms. The zero-order valence-electron chi connectivity index (χ0n) is 15.4. The maximum atomic E-state index is 6.21. The Bertz CT molecular complexity index is 917. The molecule has 1 aliphatic rings. The van der Waals surface area contributed by atoms with Gasteiger partial charge in [0.15, 0.2) is 5.82 Å². The fourth-order valence-corrected chi connectivity index (χ4v) is 3.19. The lowest BCUT2D eigenvalue weighted by molar-refractivity contribution is 0.104. The first-order chi connectivity index (χ1) is 13.8. The zero-order chi connectivity index (χ0) is 19.2. The van der Waals surface area contributed by atoms with Crippen molar-refractivity contribution in [1.29, 1.82) is 0 Å². The Hall–Kier alpha value is -2.54. The summed E-state index contributed by atoms with van der Waals surface area (Å²) in [7, 11) is 0. The number of halogens is 1. The van der Waals surface area contributed by atoms with Crippen LogP contribution in [0, 0.1) is 0 Å². The van der Waals surface area contributed by atoms with E-state index in [0.717, 1.165) is 35.9 Å². The molecule has 0 aliphatic carbocycles. The van der Waals surface area contributed by atoms with Crippen molar-refractivity contribution in [2.45, 2.75) is 13.2 Å². The molecule has 0 unspecified atom stereocenters. The maximum Gasteiger partial charge on any atom is 0.180 e. The van der Waals surface area contributed by atoms with Crippen LogP contribution < -0.4 is 4.90 Å². The molecule has 0 spiro atoms. The Labute approximate surface area is 169 Å². The number of aromatic nitrogens is 3. The molecule has 144 valence electrons. The Balaban J connectivity index is 1.55. The van der Waals surface area contributed by atoms with Gasteiger partial charge in [-0.2, -0.15) is 0 Å². The number of morpholine rings is 1. The van der Waals surface area contributed by atoms with E-state index in [1.165, 1.54) is 0 Å². The third-order valence-corrected chi connectivity index (χ3v) is 4.83. The minimum Gasteiger partial charge on any atom is -0.378 e. The molecule has 3 heterocycles. The van der Waals surface area contributed by atoms with Gasteiger partial charge in [-0.25, -0.2) is 9.97 Å². The molecule has 2 aromatic heterocycles. The number of hydrogen-bond donors (Lipinski definition) is 0. The number of hydrogen-bond acceptors (Lipinski definition) is 6. The molecular formula is C21H21ClN4O2. The number of anilines is 1. The highest BCUT2D eigenvalue weighted by atomic mass is 35.5. The van der Waals surface area contributed by atoms with E-state index < -0.39 is 0 Å². The first-order valence-corrected chi connectivity index (χ1v) is 9.60. The number of ether oxygens (including phenoxy) is 2. The van der Waals surface area contributed by atoms with E-state index in [1.807, 2.05) is 48.5 Å². The first-order valence-electron chi connectivity index (χ1n) is 9.23. The second-order valence-electron chi connectivity index (χ2n) is 6.44. The Kier molecular flexibility index (Phi) is 6.11. The van der Waals surface area contributed by atoms with Crippen LogP contribution in [0.25, 0.3) is 11.5 Å². The van der Waals surface area contributed by atoms with Gasteiger partial charge in [0.05, 0.1) is 32.1 Å². The van der Waals surface area contributed by atoms with Gasteiger partial charge < -0.3 is 14.4 Å². The normalized spacial score (nSPS) is 14.2. The van der Waals surface area contributed by atoms with Gasteiger partial charge in [-0.3, -0.25) is 4.98 Å². The molecule has 4 rings (SSSR count). The lowest BCUT2D eigenvalue weighted by Gasteiger charge is -2.28. The van der Waals surface area contributed by atoms with E-state index in [9.17, 15) is 0 Å². The topological polar surface area (TPSA) is 60.4 Å². The third-order valence-electron chi connectivity index (χ3n) is 4.46. The molecule has 1 fully saturated rings. The van der Waals surface area contributed by atoms with Gasteiger partial charge in [0.1, 0.15) is 11.5 Å². The van der Waals surface area contributed by atoms with Crippen LogP contribution in [-0.2, 0) is 22.7 Å². The summed E-state index contributed by atoms with van der Waals surface area (Å²) in [6, 6.07) is 15.4. The molecule has 7 heteroatoms. The average Bonchev–Trinajstić information content (AvgIpc) is 2.76. The SMILES string of the molecule is Clc1ccccc1COCc1cc(N2CCOCC2)nc(-c2ccccn2)n1. The fraction of sp³-hybridized carbons (Fsp3) is 0.286. The van der Waals surface area contributed by atoms with Gasteiger partial charge in [0, 0.05) is 30.4 Å². The van der Waals surface area contributed by atoms with Gasteiger partial charge in [0.2, 0.25) is 0 Å². The predicted octanol–water partition coefficient (Wildman–Crippen LogP) is 3.75. The maximum absolute atomic E-state index is 6.21. The van der Waals surface area contributed by atoms with Crippen molar-refractivity contribution in [2.75, 3.05) is 31.2 Å². The Morgan fingerprint density at radius 2 is 1.82 bits per heavy atom. The summed E-state index contributed by atoms with van der Waals surface area (Å²) in [5.41, 5.74) is 2.51. The lowest BCUT2D eigenvalue weighted by atomic mass is 10.2. The molecule has 0 radical (unpaired) electrons.